The standard InChI is InChI=1S/C15H17BrN2O2/c16-13-8-12(9-17)3-5-14(13)18-7-1-2-11(10-18)4-6-15(19)20/h3,5,8,11H,1-2,4,6-7,10H2,(H,19,20). The molecule has 5 heteroatoms. The lowest BCUT2D eigenvalue weighted by molar-refractivity contribution is -0.137. The number of benzene rings is 1. The second-order valence-electron chi connectivity index (χ2n) is 5.16. The minimum Gasteiger partial charge on any atom is -0.481 e. The van der Waals surface area contributed by atoms with Crippen LogP contribution in [0.3, 0.4) is 0 Å². The number of halogens is 1. The Kier molecular flexibility index (Phi) is 5.02. The number of rotatable bonds is 4. The molecule has 4 nitrogen and oxygen atoms in total. The number of nitrogens with zero attached hydrogens (tertiary/aromatic N) is 2. The Bertz CT molecular complexity index is 539. The molecule has 1 aliphatic heterocycles. The predicted molar refractivity (Wildman–Crippen MR) is 80.7 cm³/mol. The van der Waals surface area contributed by atoms with Crippen molar-refractivity contribution in [2.75, 3.05) is 18.0 Å². The highest BCUT2D eigenvalue weighted by atomic mass is 79.9. The van der Waals surface area contributed by atoms with Crippen molar-refractivity contribution in [3.05, 3.63) is 28.2 Å². The van der Waals surface area contributed by atoms with Crippen LogP contribution in [0.2, 0.25) is 0 Å². The van der Waals surface area contributed by atoms with Crippen LogP contribution in [0.25, 0.3) is 0 Å². The van der Waals surface area contributed by atoms with Crippen LogP contribution in [0, 0.1) is 17.2 Å². The Hall–Kier alpha value is -1.54. The molecule has 1 fully saturated rings. The number of aliphatic carboxylic acids is 1. The lowest BCUT2D eigenvalue weighted by Gasteiger charge is -2.35. The summed E-state index contributed by atoms with van der Waals surface area (Å²) >= 11 is 3.52. The quantitative estimate of drug-likeness (QED) is 0.915. The summed E-state index contributed by atoms with van der Waals surface area (Å²) in [5, 5.41) is 17.7. The van der Waals surface area contributed by atoms with Crippen LogP contribution in [0.1, 0.15) is 31.2 Å². The van der Waals surface area contributed by atoms with Gasteiger partial charge in [-0.1, -0.05) is 0 Å². The predicted octanol–water partition coefficient (Wildman–Crippen LogP) is 3.40. The van der Waals surface area contributed by atoms with Crippen molar-refractivity contribution in [2.24, 2.45) is 5.92 Å². The molecule has 0 aromatic heterocycles. The Morgan fingerprint density at radius 1 is 1.55 bits per heavy atom. The van der Waals surface area contributed by atoms with Gasteiger partial charge in [-0.25, -0.2) is 0 Å². The number of carboxylic acids is 1. The molecule has 1 N–H and O–H groups in total. The second-order valence-corrected chi connectivity index (χ2v) is 6.02. The van der Waals surface area contributed by atoms with Crippen molar-refractivity contribution >= 4 is 27.6 Å². The molecule has 1 saturated heterocycles. The molecule has 0 radical (unpaired) electrons. The van der Waals surface area contributed by atoms with Gasteiger partial charge in [-0.2, -0.15) is 5.26 Å². The zero-order valence-electron chi connectivity index (χ0n) is 11.2. The van der Waals surface area contributed by atoms with Gasteiger partial charge in [0.15, 0.2) is 0 Å². The number of hydrogen-bond acceptors (Lipinski definition) is 3. The Balaban J connectivity index is 2.05. The number of anilines is 1. The monoisotopic (exact) mass is 336 g/mol. The van der Waals surface area contributed by atoms with Gasteiger partial charge in [0, 0.05) is 24.0 Å². The summed E-state index contributed by atoms with van der Waals surface area (Å²) in [4.78, 5) is 12.9. The lowest BCUT2D eigenvalue weighted by atomic mass is 9.93. The first kappa shape index (κ1) is 14.9. The molecule has 0 bridgehead atoms. The highest BCUT2D eigenvalue weighted by Gasteiger charge is 2.22. The van der Waals surface area contributed by atoms with Gasteiger partial charge < -0.3 is 10.0 Å². The minimum absolute atomic E-state index is 0.243. The summed E-state index contributed by atoms with van der Waals surface area (Å²) in [7, 11) is 0. The summed E-state index contributed by atoms with van der Waals surface area (Å²) in [6, 6.07) is 7.74. The normalized spacial score (nSPS) is 18.6. The molecular formula is C15H17BrN2O2. The molecule has 0 saturated carbocycles. The summed E-state index contributed by atoms with van der Waals surface area (Å²) < 4.78 is 0.926. The first-order valence-electron chi connectivity index (χ1n) is 6.76. The Morgan fingerprint density at radius 2 is 2.35 bits per heavy atom. The van der Waals surface area contributed by atoms with Gasteiger partial charge in [0.05, 0.1) is 17.3 Å². The van der Waals surface area contributed by atoms with Crippen LogP contribution >= 0.6 is 15.9 Å². The van der Waals surface area contributed by atoms with E-state index in [-0.39, 0.29) is 6.42 Å². The van der Waals surface area contributed by atoms with Gasteiger partial charge in [0.2, 0.25) is 0 Å². The second kappa shape index (κ2) is 6.76. The fraction of sp³-hybridized carbons (Fsp3) is 0.467. The van der Waals surface area contributed by atoms with Crippen LogP contribution in [-0.2, 0) is 4.79 Å². The average molecular weight is 337 g/mol. The zero-order chi connectivity index (χ0) is 14.5. The van der Waals surface area contributed by atoms with E-state index in [0.29, 0.717) is 11.5 Å². The maximum Gasteiger partial charge on any atom is 0.303 e. The molecule has 1 unspecified atom stereocenters. The topological polar surface area (TPSA) is 64.3 Å². The van der Waals surface area contributed by atoms with Gasteiger partial charge >= 0.3 is 5.97 Å². The fourth-order valence-corrected chi connectivity index (χ4v) is 3.31. The third-order valence-corrected chi connectivity index (χ3v) is 4.34. The van der Waals surface area contributed by atoms with Gasteiger partial charge in [-0.3, -0.25) is 4.79 Å². The van der Waals surface area contributed by atoms with Crippen molar-refractivity contribution in [1.29, 1.82) is 5.26 Å². The zero-order valence-corrected chi connectivity index (χ0v) is 12.8. The van der Waals surface area contributed by atoms with Crippen LogP contribution in [0.5, 0.6) is 0 Å². The first-order valence-corrected chi connectivity index (χ1v) is 7.56. The van der Waals surface area contributed by atoms with Gasteiger partial charge in [-0.15, -0.1) is 0 Å². The molecule has 1 heterocycles. The molecule has 1 aliphatic rings. The molecule has 0 spiro atoms. The summed E-state index contributed by atoms with van der Waals surface area (Å²) in [5.41, 5.74) is 1.73. The molecule has 106 valence electrons. The van der Waals surface area contributed by atoms with E-state index in [9.17, 15) is 4.79 Å². The summed E-state index contributed by atoms with van der Waals surface area (Å²) in [6.07, 6.45) is 3.15. The van der Waals surface area contributed by atoms with E-state index in [1.165, 1.54) is 0 Å². The van der Waals surface area contributed by atoms with Crippen molar-refractivity contribution < 1.29 is 9.90 Å². The molecule has 1 aromatic rings. The third-order valence-electron chi connectivity index (χ3n) is 3.70. The Morgan fingerprint density at radius 3 is 3.00 bits per heavy atom. The third kappa shape index (κ3) is 3.73. The number of piperidine rings is 1. The van der Waals surface area contributed by atoms with E-state index in [0.717, 1.165) is 42.5 Å². The van der Waals surface area contributed by atoms with Crippen molar-refractivity contribution in [3.8, 4) is 6.07 Å². The van der Waals surface area contributed by atoms with Gasteiger partial charge in [0.1, 0.15) is 0 Å². The molecule has 1 aromatic carbocycles. The van der Waals surface area contributed by atoms with Gasteiger partial charge in [0.25, 0.3) is 0 Å². The summed E-state index contributed by atoms with van der Waals surface area (Å²) in [6.45, 7) is 1.87. The molecule has 1 atom stereocenters. The number of nitriles is 1. The molecule has 0 amide bonds. The van der Waals surface area contributed by atoms with Crippen LogP contribution in [0.4, 0.5) is 5.69 Å². The van der Waals surface area contributed by atoms with Crippen molar-refractivity contribution in [3.63, 3.8) is 0 Å². The molecular weight excluding hydrogens is 320 g/mol. The van der Waals surface area contributed by atoms with E-state index < -0.39 is 5.97 Å². The maximum absolute atomic E-state index is 10.7. The van der Waals surface area contributed by atoms with Gasteiger partial charge in [-0.05, 0) is 59.3 Å². The average Bonchev–Trinajstić information content (AvgIpc) is 2.45. The van der Waals surface area contributed by atoms with Crippen molar-refractivity contribution in [2.45, 2.75) is 25.7 Å². The van der Waals surface area contributed by atoms with E-state index in [1.54, 1.807) is 0 Å². The van der Waals surface area contributed by atoms with Crippen molar-refractivity contribution in [1.82, 2.24) is 0 Å². The number of hydrogen-bond donors (Lipinski definition) is 1. The molecule has 2 rings (SSSR count). The smallest absolute Gasteiger partial charge is 0.303 e. The number of carbonyl (C=O) groups is 1. The fourth-order valence-electron chi connectivity index (χ4n) is 2.68. The van der Waals surface area contributed by atoms with E-state index >= 15 is 0 Å². The SMILES string of the molecule is N#Cc1ccc(N2CCCC(CCC(=O)O)C2)c(Br)c1. The van der Waals surface area contributed by atoms with Crippen LogP contribution in [0.15, 0.2) is 22.7 Å². The highest BCUT2D eigenvalue weighted by molar-refractivity contribution is 9.10. The highest BCUT2D eigenvalue weighted by Crippen LogP contribution is 2.31. The minimum atomic E-state index is -0.721. The van der Waals surface area contributed by atoms with E-state index in [1.807, 2.05) is 18.2 Å². The van der Waals surface area contributed by atoms with Crippen LogP contribution < -0.4 is 4.90 Å². The lowest BCUT2D eigenvalue weighted by Crippen LogP contribution is -2.35. The first-order chi connectivity index (χ1) is 9.60. The van der Waals surface area contributed by atoms with E-state index in [4.69, 9.17) is 10.4 Å². The Labute approximate surface area is 127 Å². The summed E-state index contributed by atoms with van der Waals surface area (Å²) in [5.74, 6) is -0.288. The molecule has 20 heavy (non-hydrogen) atoms. The number of carboxylic acid groups (broad SMARTS) is 1. The van der Waals surface area contributed by atoms with Crippen LogP contribution in [-0.4, -0.2) is 24.2 Å². The van der Waals surface area contributed by atoms with E-state index in [2.05, 4.69) is 26.9 Å². The maximum atomic E-state index is 10.7. The molecule has 0 aliphatic carbocycles. The largest absolute Gasteiger partial charge is 0.481 e.